The van der Waals surface area contributed by atoms with Gasteiger partial charge in [0.2, 0.25) is 5.60 Å². The molecular formula is C5H5BrO3. The van der Waals surface area contributed by atoms with E-state index in [9.17, 15) is 4.79 Å². The Morgan fingerprint density at radius 3 is 2.33 bits per heavy atom. The molecule has 0 aromatic rings. The lowest BCUT2D eigenvalue weighted by molar-refractivity contribution is -0.150. The van der Waals surface area contributed by atoms with Crippen molar-refractivity contribution in [3.8, 4) is 12.3 Å². The Kier molecular flexibility index (Phi) is 2.68. The molecular weight excluding hydrogens is 188 g/mol. The first-order valence-electron chi connectivity index (χ1n) is 2.06. The summed E-state index contributed by atoms with van der Waals surface area (Å²) in [5.41, 5.74) is -2.06. The summed E-state index contributed by atoms with van der Waals surface area (Å²) < 4.78 is 0. The highest BCUT2D eigenvalue weighted by Gasteiger charge is 2.31. The van der Waals surface area contributed by atoms with Gasteiger partial charge in [-0.05, 0) is 0 Å². The molecule has 0 rings (SSSR count). The lowest BCUT2D eigenvalue weighted by Gasteiger charge is -2.11. The quantitative estimate of drug-likeness (QED) is 0.472. The first kappa shape index (κ1) is 8.47. The van der Waals surface area contributed by atoms with E-state index < -0.39 is 11.6 Å². The van der Waals surface area contributed by atoms with Crippen LogP contribution in [-0.2, 0) is 4.79 Å². The maximum Gasteiger partial charge on any atom is 0.349 e. The number of rotatable bonds is 2. The van der Waals surface area contributed by atoms with Gasteiger partial charge in [-0.3, -0.25) is 0 Å². The van der Waals surface area contributed by atoms with Crippen LogP contribution in [0, 0.1) is 12.3 Å². The van der Waals surface area contributed by atoms with Gasteiger partial charge < -0.3 is 10.2 Å². The van der Waals surface area contributed by atoms with E-state index in [0.717, 1.165) is 0 Å². The Labute approximate surface area is 60.8 Å². The average molecular weight is 193 g/mol. The molecule has 0 radical (unpaired) electrons. The van der Waals surface area contributed by atoms with Gasteiger partial charge in [0.15, 0.2) is 0 Å². The fourth-order valence-electron chi connectivity index (χ4n) is 0.157. The minimum atomic E-state index is -2.06. The third-order valence-electron chi connectivity index (χ3n) is 0.786. The van der Waals surface area contributed by atoms with E-state index in [1.54, 1.807) is 5.92 Å². The van der Waals surface area contributed by atoms with E-state index in [0.29, 0.717) is 0 Å². The molecule has 1 atom stereocenters. The monoisotopic (exact) mass is 192 g/mol. The zero-order valence-corrected chi connectivity index (χ0v) is 6.05. The number of terminal acetylenes is 1. The van der Waals surface area contributed by atoms with Crippen LogP contribution in [0.3, 0.4) is 0 Å². The second kappa shape index (κ2) is 2.85. The van der Waals surface area contributed by atoms with Crippen molar-refractivity contribution >= 4 is 21.9 Å². The molecule has 0 saturated carbocycles. The van der Waals surface area contributed by atoms with Gasteiger partial charge in [0.05, 0.1) is 5.33 Å². The number of aliphatic carboxylic acids is 1. The molecule has 0 aliphatic rings. The van der Waals surface area contributed by atoms with Gasteiger partial charge in [0, 0.05) is 0 Å². The predicted molar refractivity (Wildman–Crippen MR) is 35.2 cm³/mol. The highest BCUT2D eigenvalue weighted by atomic mass is 79.9. The number of carboxylic acids is 1. The molecule has 0 saturated heterocycles. The van der Waals surface area contributed by atoms with Gasteiger partial charge in [-0.15, -0.1) is 6.42 Å². The van der Waals surface area contributed by atoms with Crippen molar-refractivity contribution in [3.05, 3.63) is 0 Å². The molecule has 0 bridgehead atoms. The lowest BCUT2D eigenvalue weighted by Crippen LogP contribution is -2.38. The van der Waals surface area contributed by atoms with Crippen molar-refractivity contribution in [2.75, 3.05) is 5.33 Å². The Balaban J connectivity index is 4.33. The minimum absolute atomic E-state index is 0.161. The molecule has 0 heterocycles. The molecule has 0 aliphatic heterocycles. The second-order valence-electron chi connectivity index (χ2n) is 1.44. The highest BCUT2D eigenvalue weighted by molar-refractivity contribution is 9.09. The van der Waals surface area contributed by atoms with Crippen LogP contribution in [0.25, 0.3) is 0 Å². The van der Waals surface area contributed by atoms with E-state index in [-0.39, 0.29) is 5.33 Å². The summed E-state index contributed by atoms with van der Waals surface area (Å²) in [6, 6.07) is 0. The first-order valence-corrected chi connectivity index (χ1v) is 3.18. The van der Waals surface area contributed by atoms with E-state index in [2.05, 4.69) is 15.9 Å². The number of carboxylic acid groups (broad SMARTS) is 1. The molecule has 0 amide bonds. The SMILES string of the molecule is C#CC(O)(CBr)C(=O)O. The topological polar surface area (TPSA) is 57.5 Å². The smallest absolute Gasteiger partial charge is 0.349 e. The molecule has 4 heteroatoms. The number of hydrogen-bond acceptors (Lipinski definition) is 2. The Hall–Kier alpha value is -0.530. The summed E-state index contributed by atoms with van der Waals surface area (Å²) in [5, 5.41) is 16.9. The molecule has 0 aliphatic carbocycles. The number of aliphatic hydroxyl groups is 1. The third kappa shape index (κ3) is 1.70. The van der Waals surface area contributed by atoms with Crippen molar-refractivity contribution in [1.82, 2.24) is 0 Å². The van der Waals surface area contributed by atoms with Crippen LogP contribution in [-0.4, -0.2) is 27.1 Å². The van der Waals surface area contributed by atoms with Crippen LogP contribution in [0.5, 0.6) is 0 Å². The standard InChI is InChI=1S/C5H5BrO3/c1-2-5(9,3-6)4(7)8/h1,9H,3H2,(H,7,8). The fraction of sp³-hybridized carbons (Fsp3) is 0.400. The first-order chi connectivity index (χ1) is 4.06. The lowest BCUT2D eigenvalue weighted by atomic mass is 10.1. The molecule has 0 fully saturated rings. The molecule has 1 unspecified atom stereocenters. The predicted octanol–water partition coefficient (Wildman–Crippen LogP) is -0.170. The van der Waals surface area contributed by atoms with E-state index in [1.165, 1.54) is 0 Å². The van der Waals surface area contributed by atoms with Gasteiger partial charge in [-0.25, -0.2) is 4.79 Å². The summed E-state index contributed by atoms with van der Waals surface area (Å²) in [6.07, 6.45) is 4.71. The molecule has 9 heavy (non-hydrogen) atoms. The molecule has 0 spiro atoms. The summed E-state index contributed by atoms with van der Waals surface area (Å²) in [7, 11) is 0. The maximum atomic E-state index is 10.1. The zero-order chi connectivity index (χ0) is 7.49. The van der Waals surface area contributed by atoms with Crippen molar-refractivity contribution in [1.29, 1.82) is 0 Å². The second-order valence-corrected chi connectivity index (χ2v) is 2.00. The summed E-state index contributed by atoms with van der Waals surface area (Å²) in [6.45, 7) is 0. The van der Waals surface area contributed by atoms with Gasteiger partial charge in [-0.1, -0.05) is 21.9 Å². The number of alkyl halides is 1. The fourth-order valence-corrected chi connectivity index (χ4v) is 0.559. The zero-order valence-electron chi connectivity index (χ0n) is 4.47. The highest BCUT2D eigenvalue weighted by Crippen LogP contribution is 2.05. The number of carbonyl (C=O) groups is 1. The molecule has 50 valence electrons. The number of hydrogen-bond donors (Lipinski definition) is 2. The minimum Gasteiger partial charge on any atom is -0.478 e. The van der Waals surface area contributed by atoms with Crippen LogP contribution < -0.4 is 0 Å². The van der Waals surface area contributed by atoms with Gasteiger partial charge >= 0.3 is 5.97 Å². The normalized spacial score (nSPS) is 15.7. The van der Waals surface area contributed by atoms with Crippen LogP contribution in [0.2, 0.25) is 0 Å². The Bertz CT molecular complexity index is 160. The van der Waals surface area contributed by atoms with Crippen molar-refractivity contribution < 1.29 is 15.0 Å². The van der Waals surface area contributed by atoms with E-state index in [1.807, 2.05) is 0 Å². The van der Waals surface area contributed by atoms with Crippen molar-refractivity contribution in [2.24, 2.45) is 0 Å². The summed E-state index contributed by atoms with van der Waals surface area (Å²) in [5.74, 6) is 0.322. The third-order valence-corrected chi connectivity index (χ3v) is 1.60. The largest absolute Gasteiger partial charge is 0.478 e. The molecule has 0 aromatic carbocycles. The van der Waals surface area contributed by atoms with Crippen molar-refractivity contribution in [2.45, 2.75) is 5.60 Å². The van der Waals surface area contributed by atoms with Crippen LogP contribution in [0.4, 0.5) is 0 Å². The summed E-state index contributed by atoms with van der Waals surface area (Å²) in [4.78, 5) is 10.1. The molecule has 0 aromatic heterocycles. The summed E-state index contributed by atoms with van der Waals surface area (Å²) >= 11 is 2.76. The van der Waals surface area contributed by atoms with E-state index in [4.69, 9.17) is 16.6 Å². The molecule has 2 N–H and O–H groups in total. The van der Waals surface area contributed by atoms with Gasteiger partial charge in [0.25, 0.3) is 0 Å². The van der Waals surface area contributed by atoms with E-state index >= 15 is 0 Å². The van der Waals surface area contributed by atoms with Gasteiger partial charge in [0.1, 0.15) is 0 Å². The Morgan fingerprint density at radius 2 is 2.33 bits per heavy atom. The average Bonchev–Trinajstić information content (AvgIpc) is 1.86. The maximum absolute atomic E-state index is 10.1. The van der Waals surface area contributed by atoms with Crippen LogP contribution in [0.1, 0.15) is 0 Å². The van der Waals surface area contributed by atoms with Crippen LogP contribution in [0.15, 0.2) is 0 Å². The van der Waals surface area contributed by atoms with Gasteiger partial charge in [-0.2, -0.15) is 0 Å². The Morgan fingerprint density at radius 1 is 1.89 bits per heavy atom. The van der Waals surface area contributed by atoms with Crippen LogP contribution >= 0.6 is 15.9 Å². The molecule has 3 nitrogen and oxygen atoms in total. The number of halogens is 1. The van der Waals surface area contributed by atoms with Crippen molar-refractivity contribution in [3.63, 3.8) is 0 Å².